The number of unbranched alkanes of at least 4 members (excludes halogenated alkanes) is 9. The van der Waals surface area contributed by atoms with Crippen LogP contribution in [0, 0.1) is 0 Å². The molecule has 122 valence electrons. The third-order valence-electron chi connectivity index (χ3n) is 3.95. The van der Waals surface area contributed by atoms with Gasteiger partial charge in [-0.25, -0.2) is 0 Å². The second-order valence-corrected chi connectivity index (χ2v) is 9.61. The van der Waals surface area contributed by atoms with Gasteiger partial charge < -0.3 is 5.73 Å². The Labute approximate surface area is 151 Å². The zero-order valence-corrected chi connectivity index (χ0v) is 17.2. The first-order chi connectivity index (χ1) is 10.1. The van der Waals surface area contributed by atoms with Gasteiger partial charge >= 0.3 is 0 Å². The Kier molecular flexibility index (Phi) is 11.3. The quantitative estimate of drug-likeness (QED) is 0.334. The molecule has 0 radical (unpaired) electrons. The van der Waals surface area contributed by atoms with Crippen LogP contribution in [-0.4, -0.2) is 0 Å². The fourth-order valence-electron chi connectivity index (χ4n) is 2.61. The van der Waals surface area contributed by atoms with E-state index in [1.165, 1.54) is 73.6 Å². The Morgan fingerprint density at radius 1 is 0.952 bits per heavy atom. The van der Waals surface area contributed by atoms with Crippen molar-refractivity contribution < 1.29 is 0 Å². The van der Waals surface area contributed by atoms with Crippen molar-refractivity contribution in [3.63, 3.8) is 0 Å². The van der Waals surface area contributed by atoms with Gasteiger partial charge in [-0.1, -0.05) is 71.1 Å². The molecule has 0 spiro atoms. The van der Waals surface area contributed by atoms with Gasteiger partial charge in [-0.05, 0) is 49.9 Å². The summed E-state index contributed by atoms with van der Waals surface area (Å²) in [6.45, 7) is 2.28. The van der Waals surface area contributed by atoms with Crippen LogP contribution < -0.4 is 5.73 Å². The van der Waals surface area contributed by atoms with E-state index in [-0.39, 0.29) is 6.04 Å². The minimum atomic E-state index is 0.177. The molecule has 0 amide bonds. The zero-order chi connectivity index (χ0) is 15.5. The number of thiophene rings is 1. The Hall–Kier alpha value is 0.620. The third kappa shape index (κ3) is 8.73. The second kappa shape index (κ2) is 12.1. The molecule has 0 aliphatic rings. The van der Waals surface area contributed by atoms with E-state index in [0.717, 1.165) is 10.2 Å². The van der Waals surface area contributed by atoms with Gasteiger partial charge in [0.25, 0.3) is 0 Å². The Morgan fingerprint density at radius 3 is 1.95 bits per heavy atom. The highest BCUT2D eigenvalue weighted by Crippen LogP contribution is 2.36. The fourth-order valence-corrected chi connectivity index (χ4v) is 5.61. The van der Waals surface area contributed by atoms with Gasteiger partial charge in [-0.3, -0.25) is 0 Å². The van der Waals surface area contributed by atoms with Crippen LogP contribution in [0.25, 0.3) is 0 Å². The summed E-state index contributed by atoms with van der Waals surface area (Å²) in [6.07, 6.45) is 14.9. The van der Waals surface area contributed by atoms with Crippen molar-refractivity contribution in [3.8, 4) is 0 Å². The van der Waals surface area contributed by atoms with Gasteiger partial charge in [0, 0.05) is 6.04 Å². The summed E-state index contributed by atoms with van der Waals surface area (Å²) in [5.41, 5.74) is 7.53. The molecule has 0 fully saturated rings. The predicted octanol–water partition coefficient (Wildman–Crippen LogP) is 7.58. The van der Waals surface area contributed by atoms with Gasteiger partial charge in [-0.15, -0.1) is 11.3 Å². The molecule has 1 unspecified atom stereocenters. The molecule has 4 heteroatoms. The molecule has 1 aromatic rings. The average molecular weight is 439 g/mol. The molecule has 1 atom stereocenters. The molecule has 0 aromatic carbocycles. The maximum Gasteiger partial charge on any atom is 0.0758 e. The van der Waals surface area contributed by atoms with Crippen LogP contribution in [0.5, 0.6) is 0 Å². The molecule has 0 aliphatic carbocycles. The molecule has 2 N–H and O–H groups in total. The summed E-state index contributed by atoms with van der Waals surface area (Å²) in [5.74, 6) is 0. The van der Waals surface area contributed by atoms with Crippen molar-refractivity contribution in [2.75, 3.05) is 0 Å². The lowest BCUT2D eigenvalue weighted by Crippen LogP contribution is -2.09. The highest BCUT2D eigenvalue weighted by atomic mass is 79.9. The molecular formula is C17H29Br2NS. The molecule has 0 aliphatic heterocycles. The lowest BCUT2D eigenvalue weighted by atomic mass is 10.0. The SMILES string of the molecule is CCCCCCCCCCCCC(N)c1cc(Br)sc1Br. The Balaban J connectivity index is 1.98. The van der Waals surface area contributed by atoms with Crippen LogP contribution in [0.3, 0.4) is 0 Å². The first-order valence-electron chi connectivity index (χ1n) is 8.35. The fraction of sp³-hybridized carbons (Fsp3) is 0.765. The highest BCUT2D eigenvalue weighted by Gasteiger charge is 2.12. The van der Waals surface area contributed by atoms with Crippen LogP contribution in [0.15, 0.2) is 13.6 Å². The third-order valence-corrected chi connectivity index (χ3v) is 6.34. The molecular weight excluding hydrogens is 410 g/mol. The first kappa shape index (κ1) is 19.7. The van der Waals surface area contributed by atoms with E-state index in [0.29, 0.717) is 0 Å². The van der Waals surface area contributed by atoms with Crippen LogP contribution in [0.4, 0.5) is 0 Å². The lowest BCUT2D eigenvalue weighted by molar-refractivity contribution is 0.529. The monoisotopic (exact) mass is 437 g/mol. The van der Waals surface area contributed by atoms with Gasteiger partial charge in [0.1, 0.15) is 0 Å². The van der Waals surface area contributed by atoms with Crippen molar-refractivity contribution in [1.82, 2.24) is 0 Å². The summed E-state index contributed by atoms with van der Waals surface area (Å²) in [6, 6.07) is 2.33. The number of hydrogen-bond donors (Lipinski definition) is 1. The van der Waals surface area contributed by atoms with Gasteiger partial charge in [0.05, 0.1) is 7.57 Å². The number of rotatable bonds is 12. The summed E-state index contributed by atoms with van der Waals surface area (Å²) < 4.78 is 2.33. The van der Waals surface area contributed by atoms with E-state index in [2.05, 4.69) is 44.8 Å². The smallest absolute Gasteiger partial charge is 0.0758 e. The summed E-state index contributed by atoms with van der Waals surface area (Å²) in [7, 11) is 0. The van der Waals surface area contributed by atoms with E-state index in [1.807, 2.05) is 0 Å². The van der Waals surface area contributed by atoms with Crippen molar-refractivity contribution >= 4 is 43.2 Å². The second-order valence-electron chi connectivity index (χ2n) is 5.86. The summed E-state index contributed by atoms with van der Waals surface area (Å²) in [5, 5.41) is 0. The molecule has 21 heavy (non-hydrogen) atoms. The van der Waals surface area contributed by atoms with E-state index >= 15 is 0 Å². The topological polar surface area (TPSA) is 26.0 Å². The van der Waals surface area contributed by atoms with Crippen molar-refractivity contribution in [2.45, 2.75) is 83.6 Å². The van der Waals surface area contributed by atoms with E-state index < -0.39 is 0 Å². The lowest BCUT2D eigenvalue weighted by Gasteiger charge is -2.10. The van der Waals surface area contributed by atoms with Crippen LogP contribution in [-0.2, 0) is 0 Å². The van der Waals surface area contributed by atoms with Crippen molar-refractivity contribution in [1.29, 1.82) is 0 Å². The maximum absolute atomic E-state index is 6.27. The minimum absolute atomic E-state index is 0.177. The molecule has 0 bridgehead atoms. The van der Waals surface area contributed by atoms with Gasteiger partial charge in [-0.2, -0.15) is 0 Å². The highest BCUT2D eigenvalue weighted by molar-refractivity contribution is 9.12. The normalized spacial score (nSPS) is 12.8. The summed E-state index contributed by atoms with van der Waals surface area (Å²) >= 11 is 8.82. The predicted molar refractivity (Wildman–Crippen MR) is 103 cm³/mol. The molecule has 0 saturated heterocycles. The molecule has 0 saturated carbocycles. The van der Waals surface area contributed by atoms with E-state index in [9.17, 15) is 0 Å². The molecule has 1 rings (SSSR count). The number of hydrogen-bond acceptors (Lipinski definition) is 2. The van der Waals surface area contributed by atoms with Crippen LogP contribution >= 0.6 is 43.2 Å². The first-order valence-corrected chi connectivity index (χ1v) is 10.8. The minimum Gasteiger partial charge on any atom is -0.324 e. The average Bonchev–Trinajstić information content (AvgIpc) is 2.79. The van der Waals surface area contributed by atoms with Crippen LogP contribution in [0.1, 0.15) is 89.2 Å². The summed E-state index contributed by atoms with van der Waals surface area (Å²) in [4.78, 5) is 0. The van der Waals surface area contributed by atoms with Gasteiger partial charge in [0.2, 0.25) is 0 Å². The number of nitrogens with two attached hydrogens (primary N) is 1. The van der Waals surface area contributed by atoms with Gasteiger partial charge in [0.15, 0.2) is 0 Å². The largest absolute Gasteiger partial charge is 0.324 e. The standard InChI is InChI=1S/C17H29Br2NS/c1-2-3-4-5-6-7-8-9-10-11-12-15(20)14-13-16(18)21-17(14)19/h13,15H,2-12,20H2,1H3. The number of halogens is 2. The molecule has 1 nitrogen and oxygen atoms in total. The maximum atomic E-state index is 6.27. The molecule has 1 heterocycles. The van der Waals surface area contributed by atoms with Crippen molar-refractivity contribution in [3.05, 3.63) is 19.2 Å². The Bertz CT molecular complexity index is 379. The molecule has 1 aromatic heterocycles. The van der Waals surface area contributed by atoms with Crippen molar-refractivity contribution in [2.24, 2.45) is 5.73 Å². The van der Waals surface area contributed by atoms with E-state index in [1.54, 1.807) is 11.3 Å². The Morgan fingerprint density at radius 2 is 1.48 bits per heavy atom. The van der Waals surface area contributed by atoms with E-state index in [4.69, 9.17) is 5.73 Å². The van der Waals surface area contributed by atoms with Crippen LogP contribution in [0.2, 0.25) is 0 Å². The zero-order valence-electron chi connectivity index (χ0n) is 13.2.